The molecule has 22 heavy (non-hydrogen) atoms. The maximum absolute atomic E-state index is 9.74. The lowest BCUT2D eigenvalue weighted by molar-refractivity contribution is 0.0667. The van der Waals surface area contributed by atoms with Gasteiger partial charge in [-0.15, -0.1) is 0 Å². The minimum atomic E-state index is -0.538. The van der Waals surface area contributed by atoms with Gasteiger partial charge in [0.25, 0.3) is 0 Å². The molecule has 2 heteroatoms. The number of hydrogen-bond acceptors (Lipinski definition) is 2. The summed E-state index contributed by atoms with van der Waals surface area (Å²) < 4.78 is 6.05. The highest BCUT2D eigenvalue weighted by molar-refractivity contribution is 5.39. The van der Waals surface area contributed by atoms with Crippen LogP contribution in [0.2, 0.25) is 0 Å². The summed E-state index contributed by atoms with van der Waals surface area (Å²) in [5, 5.41) is 9.74. The van der Waals surface area contributed by atoms with Crippen molar-refractivity contribution in [3.05, 3.63) is 29.3 Å². The molecule has 0 aliphatic carbocycles. The molecule has 0 heterocycles. The van der Waals surface area contributed by atoms with Crippen molar-refractivity contribution in [2.75, 3.05) is 6.61 Å². The first-order valence-corrected chi connectivity index (χ1v) is 8.65. The van der Waals surface area contributed by atoms with Gasteiger partial charge >= 0.3 is 0 Å². The van der Waals surface area contributed by atoms with E-state index in [0.29, 0.717) is 11.8 Å². The fourth-order valence-corrected chi connectivity index (χ4v) is 2.64. The second-order valence-corrected chi connectivity index (χ2v) is 7.64. The van der Waals surface area contributed by atoms with Gasteiger partial charge in [0.1, 0.15) is 5.75 Å². The fraction of sp³-hybridized carbons (Fsp3) is 0.700. The summed E-state index contributed by atoms with van der Waals surface area (Å²) in [5.41, 5.74) is 2.00. The van der Waals surface area contributed by atoms with Gasteiger partial charge in [-0.25, -0.2) is 0 Å². The second-order valence-electron chi connectivity index (χ2n) is 7.64. The van der Waals surface area contributed by atoms with Crippen LogP contribution in [0.4, 0.5) is 0 Å². The molecule has 0 fully saturated rings. The molecule has 0 aromatic heterocycles. The monoisotopic (exact) mass is 306 g/mol. The minimum Gasteiger partial charge on any atom is -0.493 e. The second kappa shape index (κ2) is 8.57. The lowest BCUT2D eigenvalue weighted by Gasteiger charge is -2.19. The molecule has 0 amide bonds. The Kier molecular flexibility index (Phi) is 7.41. The molecule has 126 valence electrons. The van der Waals surface area contributed by atoms with Crippen molar-refractivity contribution in [3.8, 4) is 5.75 Å². The fourth-order valence-electron chi connectivity index (χ4n) is 2.64. The van der Waals surface area contributed by atoms with E-state index in [9.17, 15) is 5.11 Å². The molecule has 1 aromatic carbocycles. The van der Waals surface area contributed by atoms with Crippen LogP contribution >= 0.6 is 0 Å². The number of hydrogen-bond donors (Lipinski definition) is 1. The van der Waals surface area contributed by atoms with Crippen molar-refractivity contribution >= 4 is 0 Å². The first kappa shape index (κ1) is 19.0. The third-order valence-corrected chi connectivity index (χ3v) is 4.14. The Hall–Kier alpha value is -1.02. The Balaban J connectivity index is 2.39. The molecule has 0 aliphatic rings. The summed E-state index contributed by atoms with van der Waals surface area (Å²) in [4.78, 5) is 0. The van der Waals surface area contributed by atoms with Crippen LogP contribution in [-0.4, -0.2) is 17.3 Å². The first-order chi connectivity index (χ1) is 10.2. The molecule has 0 bridgehead atoms. The van der Waals surface area contributed by atoms with Gasteiger partial charge in [-0.2, -0.15) is 0 Å². The highest BCUT2D eigenvalue weighted by atomic mass is 16.5. The zero-order valence-corrected chi connectivity index (χ0v) is 15.3. The largest absolute Gasteiger partial charge is 0.493 e. The van der Waals surface area contributed by atoms with Crippen LogP contribution in [0.25, 0.3) is 0 Å². The van der Waals surface area contributed by atoms with Crippen molar-refractivity contribution < 1.29 is 9.84 Å². The van der Waals surface area contributed by atoms with Crippen molar-refractivity contribution in [1.29, 1.82) is 0 Å². The third kappa shape index (κ3) is 7.31. The molecule has 0 saturated heterocycles. The van der Waals surface area contributed by atoms with Crippen molar-refractivity contribution in [3.63, 3.8) is 0 Å². The van der Waals surface area contributed by atoms with E-state index in [1.54, 1.807) is 0 Å². The van der Waals surface area contributed by atoms with Crippen LogP contribution in [0.3, 0.4) is 0 Å². The average molecular weight is 306 g/mol. The Labute approximate surface area is 136 Å². The van der Waals surface area contributed by atoms with E-state index in [1.165, 1.54) is 11.1 Å². The van der Waals surface area contributed by atoms with Gasteiger partial charge < -0.3 is 9.84 Å². The third-order valence-electron chi connectivity index (χ3n) is 4.14. The molecule has 0 spiro atoms. The van der Waals surface area contributed by atoms with Gasteiger partial charge in [0.15, 0.2) is 0 Å². The average Bonchev–Trinajstić information content (AvgIpc) is 2.36. The molecule has 0 saturated carbocycles. The topological polar surface area (TPSA) is 29.5 Å². The molecule has 1 rings (SSSR count). The maximum atomic E-state index is 9.74. The van der Waals surface area contributed by atoms with Crippen LogP contribution in [0.5, 0.6) is 5.75 Å². The number of ether oxygens (including phenoxy) is 1. The maximum Gasteiger partial charge on any atom is 0.122 e. The molecular formula is C20H34O2. The lowest BCUT2D eigenvalue weighted by atomic mass is 9.95. The zero-order valence-electron chi connectivity index (χ0n) is 15.3. The van der Waals surface area contributed by atoms with E-state index >= 15 is 0 Å². The highest BCUT2D eigenvalue weighted by Crippen LogP contribution is 2.28. The van der Waals surface area contributed by atoms with Gasteiger partial charge in [-0.1, -0.05) is 45.7 Å². The van der Waals surface area contributed by atoms with Gasteiger partial charge in [0.05, 0.1) is 12.2 Å². The van der Waals surface area contributed by atoms with Gasteiger partial charge in [0, 0.05) is 0 Å². The Bertz CT molecular complexity index is 444. The standard InChI is InChI=1S/C20H34O2/c1-15(2)18-10-9-17(4)14-19(18)22-13-11-16(3)8-7-12-20(5,6)21/h9-10,14-16,21H,7-8,11-13H2,1-6H3. The molecule has 0 radical (unpaired) electrons. The molecule has 1 unspecified atom stereocenters. The van der Waals surface area contributed by atoms with E-state index in [1.807, 2.05) is 13.8 Å². The summed E-state index contributed by atoms with van der Waals surface area (Å²) in [6.07, 6.45) is 4.16. The first-order valence-electron chi connectivity index (χ1n) is 8.65. The van der Waals surface area contributed by atoms with Crippen molar-refractivity contribution in [2.45, 2.75) is 78.7 Å². The van der Waals surface area contributed by atoms with Crippen LogP contribution in [0.1, 0.15) is 77.3 Å². The lowest BCUT2D eigenvalue weighted by Crippen LogP contribution is -2.18. The summed E-state index contributed by atoms with van der Waals surface area (Å²) in [6, 6.07) is 6.48. The van der Waals surface area contributed by atoms with Crippen molar-refractivity contribution in [1.82, 2.24) is 0 Å². The van der Waals surface area contributed by atoms with Crippen LogP contribution in [0.15, 0.2) is 18.2 Å². The van der Waals surface area contributed by atoms with E-state index in [0.717, 1.165) is 38.0 Å². The zero-order chi connectivity index (χ0) is 16.8. The van der Waals surface area contributed by atoms with E-state index < -0.39 is 5.60 Å². The van der Waals surface area contributed by atoms with Gasteiger partial charge in [-0.05, 0) is 62.6 Å². The van der Waals surface area contributed by atoms with Gasteiger partial charge in [0.2, 0.25) is 0 Å². The summed E-state index contributed by atoms with van der Waals surface area (Å²) >= 11 is 0. The predicted octanol–water partition coefficient (Wildman–Crippen LogP) is 5.46. The van der Waals surface area contributed by atoms with E-state index in [4.69, 9.17) is 4.74 Å². The Morgan fingerprint density at radius 2 is 1.82 bits per heavy atom. The summed E-state index contributed by atoms with van der Waals surface area (Å²) in [6.45, 7) is 13.3. The SMILES string of the molecule is Cc1ccc(C(C)C)c(OCCC(C)CCCC(C)(C)O)c1. The molecule has 1 atom stereocenters. The van der Waals surface area contributed by atoms with E-state index in [2.05, 4.69) is 45.9 Å². The molecule has 1 aromatic rings. The van der Waals surface area contributed by atoms with Crippen LogP contribution < -0.4 is 4.74 Å². The molecule has 0 aliphatic heterocycles. The highest BCUT2D eigenvalue weighted by Gasteiger charge is 2.13. The summed E-state index contributed by atoms with van der Waals surface area (Å²) in [5.74, 6) is 2.16. The predicted molar refractivity (Wildman–Crippen MR) is 94.7 cm³/mol. The number of aliphatic hydroxyl groups is 1. The number of aryl methyl sites for hydroxylation is 1. The smallest absolute Gasteiger partial charge is 0.122 e. The number of benzene rings is 1. The quantitative estimate of drug-likeness (QED) is 0.656. The normalized spacial score (nSPS) is 13.5. The Morgan fingerprint density at radius 1 is 1.14 bits per heavy atom. The van der Waals surface area contributed by atoms with Crippen molar-refractivity contribution in [2.24, 2.45) is 5.92 Å². The van der Waals surface area contributed by atoms with E-state index in [-0.39, 0.29) is 0 Å². The van der Waals surface area contributed by atoms with Gasteiger partial charge in [-0.3, -0.25) is 0 Å². The molecule has 2 nitrogen and oxygen atoms in total. The Morgan fingerprint density at radius 3 is 2.41 bits per heavy atom. The summed E-state index contributed by atoms with van der Waals surface area (Å²) in [7, 11) is 0. The minimum absolute atomic E-state index is 0.486. The number of rotatable bonds is 9. The molecular weight excluding hydrogens is 272 g/mol. The molecule has 1 N–H and O–H groups in total. The van der Waals surface area contributed by atoms with Crippen LogP contribution in [0, 0.1) is 12.8 Å². The van der Waals surface area contributed by atoms with Crippen LogP contribution in [-0.2, 0) is 0 Å².